The fourth-order valence-electron chi connectivity index (χ4n) is 4.37. The molecule has 0 aliphatic carbocycles. The molecular weight excluding hydrogens is 458 g/mol. The molecule has 1 aliphatic heterocycles. The Morgan fingerprint density at radius 1 is 0.944 bits per heavy atom. The Balaban J connectivity index is 1.59. The monoisotopic (exact) mass is 481 g/mol. The van der Waals surface area contributed by atoms with Crippen molar-refractivity contribution in [3.05, 3.63) is 101 Å². The lowest BCUT2D eigenvalue weighted by Crippen LogP contribution is -2.49. The average Bonchev–Trinajstić information content (AvgIpc) is 3.37. The van der Waals surface area contributed by atoms with Crippen molar-refractivity contribution >= 4 is 17.8 Å². The Hall–Kier alpha value is -4.79. The summed E-state index contributed by atoms with van der Waals surface area (Å²) in [5.41, 5.74) is 3.48. The van der Waals surface area contributed by atoms with Crippen molar-refractivity contribution in [2.75, 3.05) is 7.05 Å². The SMILES string of the molecule is CNC(=O)c1cccc(-n2nc(C(=O)N3Cc4ccccc4C[C@H]3C(=O)O)nc2-c2ccccc2)c1. The van der Waals surface area contributed by atoms with Gasteiger partial charge >= 0.3 is 5.97 Å². The molecule has 0 saturated carbocycles. The zero-order chi connectivity index (χ0) is 25.2. The third-order valence-corrected chi connectivity index (χ3v) is 6.20. The summed E-state index contributed by atoms with van der Waals surface area (Å²) in [6, 6.07) is 22.5. The Bertz CT molecular complexity index is 1460. The first-order chi connectivity index (χ1) is 17.5. The van der Waals surface area contributed by atoms with Gasteiger partial charge in [-0.1, -0.05) is 60.7 Å². The quantitative estimate of drug-likeness (QED) is 0.453. The first-order valence-electron chi connectivity index (χ1n) is 11.4. The lowest BCUT2D eigenvalue weighted by molar-refractivity contribution is -0.142. The molecule has 1 aromatic heterocycles. The second kappa shape index (κ2) is 9.46. The molecule has 5 rings (SSSR count). The normalized spacial score (nSPS) is 14.7. The largest absolute Gasteiger partial charge is 0.480 e. The third kappa shape index (κ3) is 4.22. The fourth-order valence-corrected chi connectivity index (χ4v) is 4.37. The molecule has 0 fully saturated rings. The number of carboxylic acids is 1. The van der Waals surface area contributed by atoms with Crippen LogP contribution in [0.4, 0.5) is 0 Å². The predicted molar refractivity (Wildman–Crippen MR) is 132 cm³/mol. The van der Waals surface area contributed by atoms with Crippen LogP contribution < -0.4 is 5.32 Å². The van der Waals surface area contributed by atoms with E-state index in [-0.39, 0.29) is 24.7 Å². The van der Waals surface area contributed by atoms with E-state index in [1.165, 1.54) is 9.58 Å². The molecule has 0 saturated heterocycles. The number of benzene rings is 3. The van der Waals surface area contributed by atoms with E-state index in [1.54, 1.807) is 31.3 Å². The van der Waals surface area contributed by atoms with E-state index in [0.717, 1.165) is 11.1 Å². The summed E-state index contributed by atoms with van der Waals surface area (Å²) in [4.78, 5) is 43.8. The van der Waals surface area contributed by atoms with Crippen LogP contribution >= 0.6 is 0 Å². The van der Waals surface area contributed by atoms with Gasteiger partial charge in [0.05, 0.1) is 5.69 Å². The Labute approximate surface area is 207 Å². The number of hydrogen-bond donors (Lipinski definition) is 2. The lowest BCUT2D eigenvalue weighted by Gasteiger charge is -2.33. The van der Waals surface area contributed by atoms with Gasteiger partial charge in [-0.15, -0.1) is 5.10 Å². The third-order valence-electron chi connectivity index (χ3n) is 6.20. The number of nitrogens with one attached hydrogen (secondary N) is 1. The second-order valence-electron chi connectivity index (χ2n) is 8.43. The molecule has 3 aromatic carbocycles. The predicted octanol–water partition coefficient (Wildman–Crippen LogP) is 2.95. The minimum Gasteiger partial charge on any atom is -0.480 e. The molecule has 9 heteroatoms. The van der Waals surface area contributed by atoms with Crippen LogP contribution in [0.2, 0.25) is 0 Å². The van der Waals surface area contributed by atoms with E-state index in [1.807, 2.05) is 54.6 Å². The van der Waals surface area contributed by atoms with Crippen molar-refractivity contribution < 1.29 is 19.5 Å². The summed E-state index contributed by atoms with van der Waals surface area (Å²) < 4.78 is 1.50. The maximum absolute atomic E-state index is 13.6. The van der Waals surface area contributed by atoms with Crippen LogP contribution in [-0.2, 0) is 17.8 Å². The summed E-state index contributed by atoms with van der Waals surface area (Å²) in [5, 5.41) is 17.0. The summed E-state index contributed by atoms with van der Waals surface area (Å²) in [6.07, 6.45) is 0.206. The Morgan fingerprint density at radius 3 is 2.39 bits per heavy atom. The molecule has 0 bridgehead atoms. The maximum Gasteiger partial charge on any atom is 0.326 e. The maximum atomic E-state index is 13.6. The number of carbonyl (C=O) groups is 3. The zero-order valence-electron chi connectivity index (χ0n) is 19.5. The van der Waals surface area contributed by atoms with Crippen LogP contribution in [0, 0.1) is 0 Å². The van der Waals surface area contributed by atoms with Crippen LogP contribution in [0.15, 0.2) is 78.9 Å². The van der Waals surface area contributed by atoms with Crippen LogP contribution in [0.1, 0.15) is 32.1 Å². The van der Waals surface area contributed by atoms with Gasteiger partial charge in [0, 0.05) is 31.1 Å². The van der Waals surface area contributed by atoms with Crippen molar-refractivity contribution in [2.45, 2.75) is 19.0 Å². The smallest absolute Gasteiger partial charge is 0.326 e. The molecule has 0 unspecified atom stereocenters. The first-order valence-corrected chi connectivity index (χ1v) is 11.4. The van der Waals surface area contributed by atoms with Crippen LogP contribution in [-0.4, -0.2) is 55.6 Å². The molecule has 2 heterocycles. The van der Waals surface area contributed by atoms with Gasteiger partial charge in [0.25, 0.3) is 11.8 Å². The van der Waals surface area contributed by atoms with E-state index >= 15 is 0 Å². The summed E-state index contributed by atoms with van der Waals surface area (Å²) in [7, 11) is 1.55. The number of hydrogen-bond acceptors (Lipinski definition) is 5. The number of rotatable bonds is 5. The number of aliphatic carboxylic acids is 1. The topological polar surface area (TPSA) is 117 Å². The molecule has 0 radical (unpaired) electrons. The molecule has 1 aliphatic rings. The highest BCUT2D eigenvalue weighted by Crippen LogP contribution is 2.27. The van der Waals surface area contributed by atoms with Crippen molar-refractivity contribution in [1.29, 1.82) is 0 Å². The highest BCUT2D eigenvalue weighted by atomic mass is 16.4. The zero-order valence-corrected chi connectivity index (χ0v) is 19.5. The number of carbonyl (C=O) groups excluding carboxylic acids is 2. The Morgan fingerprint density at radius 2 is 1.67 bits per heavy atom. The number of nitrogens with zero attached hydrogens (tertiary/aromatic N) is 4. The van der Waals surface area contributed by atoms with Crippen LogP contribution in [0.3, 0.4) is 0 Å². The van der Waals surface area contributed by atoms with E-state index in [0.29, 0.717) is 22.6 Å². The van der Waals surface area contributed by atoms with Gasteiger partial charge in [-0.2, -0.15) is 0 Å². The summed E-state index contributed by atoms with van der Waals surface area (Å²) in [6.45, 7) is 0.146. The fraction of sp³-hybridized carbons (Fsp3) is 0.148. The van der Waals surface area contributed by atoms with Gasteiger partial charge in [-0.3, -0.25) is 9.59 Å². The van der Waals surface area contributed by atoms with Gasteiger partial charge in [0.1, 0.15) is 6.04 Å². The van der Waals surface area contributed by atoms with E-state index in [2.05, 4.69) is 15.4 Å². The van der Waals surface area contributed by atoms with Gasteiger partial charge in [-0.05, 0) is 29.3 Å². The lowest BCUT2D eigenvalue weighted by atomic mass is 9.94. The Kier molecular flexibility index (Phi) is 6.03. The molecule has 36 heavy (non-hydrogen) atoms. The number of amides is 2. The van der Waals surface area contributed by atoms with Crippen LogP contribution in [0.5, 0.6) is 0 Å². The molecule has 2 amide bonds. The van der Waals surface area contributed by atoms with Crippen molar-refractivity contribution in [2.24, 2.45) is 0 Å². The summed E-state index contributed by atoms with van der Waals surface area (Å²) in [5.74, 6) is -1.64. The van der Waals surface area contributed by atoms with Gasteiger partial charge in [0.2, 0.25) is 5.82 Å². The number of fused-ring (bicyclic) bond motifs is 1. The summed E-state index contributed by atoms with van der Waals surface area (Å²) >= 11 is 0. The molecule has 0 spiro atoms. The van der Waals surface area contributed by atoms with Gasteiger partial charge < -0.3 is 15.3 Å². The number of carboxylic acid groups (broad SMARTS) is 1. The standard InChI is InChI=1S/C27H23N5O4/c1-28-25(33)19-12-7-13-21(14-19)32-24(17-8-3-2-4-9-17)29-23(30-32)26(34)31-16-20-11-6-5-10-18(20)15-22(31)27(35)36/h2-14,22H,15-16H2,1H3,(H,28,33)(H,35,36)/t22-/m0/s1. The first kappa shape index (κ1) is 23.0. The molecule has 9 nitrogen and oxygen atoms in total. The van der Waals surface area contributed by atoms with Gasteiger partial charge in [0.15, 0.2) is 5.82 Å². The van der Waals surface area contributed by atoms with Crippen molar-refractivity contribution in [3.63, 3.8) is 0 Å². The van der Waals surface area contributed by atoms with E-state index < -0.39 is 17.9 Å². The van der Waals surface area contributed by atoms with Crippen LogP contribution in [0.25, 0.3) is 17.1 Å². The van der Waals surface area contributed by atoms with Crippen molar-refractivity contribution in [3.8, 4) is 17.1 Å². The molecular formula is C27H23N5O4. The molecule has 4 aromatic rings. The van der Waals surface area contributed by atoms with E-state index in [9.17, 15) is 19.5 Å². The molecule has 180 valence electrons. The molecule has 1 atom stereocenters. The minimum atomic E-state index is -1.08. The number of aromatic nitrogens is 3. The van der Waals surface area contributed by atoms with Crippen molar-refractivity contribution in [1.82, 2.24) is 25.0 Å². The second-order valence-corrected chi connectivity index (χ2v) is 8.43. The van der Waals surface area contributed by atoms with Gasteiger partial charge in [-0.25, -0.2) is 14.5 Å². The molecule has 2 N–H and O–H groups in total. The average molecular weight is 482 g/mol. The minimum absolute atomic E-state index is 0.121. The highest BCUT2D eigenvalue weighted by molar-refractivity contribution is 5.95. The highest BCUT2D eigenvalue weighted by Gasteiger charge is 2.37. The van der Waals surface area contributed by atoms with E-state index in [4.69, 9.17) is 0 Å².